The van der Waals surface area contributed by atoms with Gasteiger partial charge in [0.25, 0.3) is 0 Å². The molecule has 1 aromatic rings. The fraction of sp³-hybridized carbons (Fsp3) is 0.417. The van der Waals surface area contributed by atoms with Crippen LogP contribution in [0, 0.1) is 6.92 Å². The van der Waals surface area contributed by atoms with E-state index in [4.69, 9.17) is 0 Å². The fourth-order valence-electron chi connectivity index (χ4n) is 1.27. The van der Waals surface area contributed by atoms with E-state index >= 15 is 0 Å². The summed E-state index contributed by atoms with van der Waals surface area (Å²) in [5, 5.41) is 3.30. The maximum absolute atomic E-state index is 4.11. The van der Waals surface area contributed by atoms with Crippen LogP contribution in [-0.2, 0) is 0 Å². The highest BCUT2D eigenvalue weighted by Gasteiger charge is 1.94. The van der Waals surface area contributed by atoms with Crippen molar-refractivity contribution in [1.29, 1.82) is 0 Å². The molecule has 14 heavy (non-hydrogen) atoms. The molecule has 0 aliphatic rings. The summed E-state index contributed by atoms with van der Waals surface area (Å²) in [6.45, 7) is 8.31. The molecule has 0 bridgehead atoms. The molecule has 0 aromatic carbocycles. The first-order chi connectivity index (χ1) is 6.74. The smallest absolute Gasteiger partial charge is 0.0342 e. The Morgan fingerprint density at radius 3 is 3.00 bits per heavy atom. The third kappa shape index (κ3) is 3.30. The van der Waals surface area contributed by atoms with Crippen LogP contribution in [0.1, 0.15) is 25.0 Å². The molecular weight excluding hydrogens is 172 g/mol. The highest BCUT2D eigenvalue weighted by molar-refractivity contribution is 5.55. The number of rotatable bonds is 4. The van der Waals surface area contributed by atoms with Gasteiger partial charge in [-0.15, -0.1) is 0 Å². The largest absolute Gasteiger partial charge is 0.313 e. The van der Waals surface area contributed by atoms with Crippen molar-refractivity contribution in [3.05, 3.63) is 35.2 Å². The Kier molecular flexibility index (Phi) is 4.33. The molecule has 0 atom stereocenters. The Labute approximate surface area is 86.1 Å². The van der Waals surface area contributed by atoms with E-state index in [1.807, 2.05) is 18.5 Å². The number of hydrogen-bond donors (Lipinski definition) is 1. The number of hydrogen-bond acceptors (Lipinski definition) is 2. The number of pyridine rings is 1. The van der Waals surface area contributed by atoms with Gasteiger partial charge in [-0.25, -0.2) is 0 Å². The Morgan fingerprint density at radius 2 is 2.36 bits per heavy atom. The number of nitrogens with zero attached hydrogens (tertiary/aromatic N) is 1. The lowest BCUT2D eigenvalue weighted by molar-refractivity contribution is 0.778. The minimum absolute atomic E-state index is 0.949. The van der Waals surface area contributed by atoms with Crippen LogP contribution in [0.15, 0.2) is 24.0 Å². The minimum Gasteiger partial charge on any atom is -0.313 e. The molecular formula is C12H18N2. The number of aryl methyl sites for hydroxylation is 1. The summed E-state index contributed by atoms with van der Waals surface area (Å²) in [5.74, 6) is 0. The van der Waals surface area contributed by atoms with Gasteiger partial charge in [-0.2, -0.15) is 0 Å². The molecule has 1 N–H and O–H groups in total. The van der Waals surface area contributed by atoms with Crippen LogP contribution in [0.5, 0.6) is 0 Å². The Hall–Kier alpha value is -1.15. The lowest BCUT2D eigenvalue weighted by atomic mass is 10.1. The van der Waals surface area contributed by atoms with Gasteiger partial charge < -0.3 is 5.32 Å². The number of likely N-dealkylation sites (N-methyl/N-ethyl adjacent to an activating group) is 1. The van der Waals surface area contributed by atoms with Gasteiger partial charge in [0.2, 0.25) is 0 Å². The number of aromatic nitrogens is 1. The highest BCUT2D eigenvalue weighted by Crippen LogP contribution is 2.09. The predicted molar refractivity (Wildman–Crippen MR) is 61.2 cm³/mol. The van der Waals surface area contributed by atoms with Gasteiger partial charge in [0.1, 0.15) is 0 Å². The summed E-state index contributed by atoms with van der Waals surface area (Å²) in [4.78, 5) is 4.11. The van der Waals surface area contributed by atoms with Crippen LogP contribution in [0.25, 0.3) is 6.08 Å². The van der Waals surface area contributed by atoms with Crippen molar-refractivity contribution in [3.63, 3.8) is 0 Å². The SMILES string of the molecule is CCNC/C(C)=C/c1cnccc1C. The molecule has 76 valence electrons. The Morgan fingerprint density at radius 1 is 1.57 bits per heavy atom. The van der Waals surface area contributed by atoms with Crippen molar-refractivity contribution in [2.75, 3.05) is 13.1 Å². The maximum Gasteiger partial charge on any atom is 0.0342 e. The molecule has 2 nitrogen and oxygen atoms in total. The monoisotopic (exact) mass is 190 g/mol. The van der Waals surface area contributed by atoms with Crippen LogP contribution in [-0.4, -0.2) is 18.1 Å². The van der Waals surface area contributed by atoms with E-state index in [0.717, 1.165) is 13.1 Å². The second kappa shape index (κ2) is 5.55. The zero-order valence-electron chi connectivity index (χ0n) is 9.17. The van der Waals surface area contributed by atoms with E-state index in [9.17, 15) is 0 Å². The first-order valence-corrected chi connectivity index (χ1v) is 5.02. The molecule has 1 heterocycles. The molecule has 0 aliphatic heterocycles. The molecule has 0 saturated carbocycles. The molecule has 0 radical (unpaired) electrons. The van der Waals surface area contributed by atoms with Crippen LogP contribution in [0.4, 0.5) is 0 Å². The maximum atomic E-state index is 4.11. The van der Waals surface area contributed by atoms with E-state index in [0.29, 0.717) is 0 Å². The third-order valence-corrected chi connectivity index (χ3v) is 2.14. The minimum atomic E-state index is 0.949. The molecule has 2 heteroatoms. The first kappa shape index (κ1) is 10.9. The van der Waals surface area contributed by atoms with Gasteiger partial charge in [0.05, 0.1) is 0 Å². The van der Waals surface area contributed by atoms with Crippen molar-refractivity contribution in [2.45, 2.75) is 20.8 Å². The van der Waals surface area contributed by atoms with Gasteiger partial charge in [0.15, 0.2) is 0 Å². The topological polar surface area (TPSA) is 24.9 Å². The van der Waals surface area contributed by atoms with E-state index < -0.39 is 0 Å². The zero-order chi connectivity index (χ0) is 10.4. The highest BCUT2D eigenvalue weighted by atomic mass is 14.8. The lowest BCUT2D eigenvalue weighted by Gasteiger charge is -2.03. The molecule has 0 spiro atoms. The van der Waals surface area contributed by atoms with E-state index in [-0.39, 0.29) is 0 Å². The van der Waals surface area contributed by atoms with Crippen molar-refractivity contribution < 1.29 is 0 Å². The van der Waals surface area contributed by atoms with Gasteiger partial charge >= 0.3 is 0 Å². The summed E-state index contributed by atoms with van der Waals surface area (Å²) < 4.78 is 0. The summed E-state index contributed by atoms with van der Waals surface area (Å²) in [6, 6.07) is 2.03. The van der Waals surface area contributed by atoms with E-state index in [1.165, 1.54) is 16.7 Å². The predicted octanol–water partition coefficient (Wildman–Crippen LogP) is 2.40. The number of nitrogens with one attached hydrogen (secondary N) is 1. The molecule has 0 saturated heterocycles. The van der Waals surface area contributed by atoms with Gasteiger partial charge in [0, 0.05) is 18.9 Å². The molecule has 0 amide bonds. The Balaban J connectivity index is 2.71. The summed E-state index contributed by atoms with van der Waals surface area (Å²) in [7, 11) is 0. The summed E-state index contributed by atoms with van der Waals surface area (Å²) >= 11 is 0. The molecule has 1 aromatic heterocycles. The average Bonchev–Trinajstić information content (AvgIpc) is 2.18. The van der Waals surface area contributed by atoms with Crippen LogP contribution in [0.2, 0.25) is 0 Å². The van der Waals surface area contributed by atoms with E-state index in [2.05, 4.69) is 37.1 Å². The van der Waals surface area contributed by atoms with Crippen LogP contribution >= 0.6 is 0 Å². The standard InChI is InChI=1S/C12H18N2/c1-4-13-8-10(2)7-12-9-14-6-5-11(12)3/h5-7,9,13H,4,8H2,1-3H3/b10-7+. The van der Waals surface area contributed by atoms with E-state index in [1.54, 1.807) is 0 Å². The normalized spacial score (nSPS) is 11.8. The van der Waals surface area contributed by atoms with Gasteiger partial charge in [-0.3, -0.25) is 4.98 Å². The lowest BCUT2D eigenvalue weighted by Crippen LogP contribution is -2.14. The van der Waals surface area contributed by atoms with Crippen molar-refractivity contribution in [2.24, 2.45) is 0 Å². The second-order valence-electron chi connectivity index (χ2n) is 3.50. The fourth-order valence-corrected chi connectivity index (χ4v) is 1.27. The Bertz CT molecular complexity index is 316. The summed E-state index contributed by atoms with van der Waals surface area (Å²) in [6.07, 6.45) is 5.92. The van der Waals surface area contributed by atoms with Crippen molar-refractivity contribution in [1.82, 2.24) is 10.3 Å². The van der Waals surface area contributed by atoms with Crippen LogP contribution < -0.4 is 5.32 Å². The quantitative estimate of drug-likeness (QED) is 0.788. The zero-order valence-corrected chi connectivity index (χ0v) is 9.17. The van der Waals surface area contributed by atoms with Gasteiger partial charge in [-0.1, -0.05) is 18.6 Å². The molecule has 0 unspecified atom stereocenters. The molecule has 0 fully saturated rings. The first-order valence-electron chi connectivity index (χ1n) is 5.02. The average molecular weight is 190 g/mol. The van der Waals surface area contributed by atoms with Crippen LogP contribution in [0.3, 0.4) is 0 Å². The molecule has 1 rings (SSSR count). The molecule has 0 aliphatic carbocycles. The summed E-state index contributed by atoms with van der Waals surface area (Å²) in [5.41, 5.74) is 3.82. The third-order valence-electron chi connectivity index (χ3n) is 2.14. The van der Waals surface area contributed by atoms with Crippen molar-refractivity contribution in [3.8, 4) is 0 Å². The van der Waals surface area contributed by atoms with Gasteiger partial charge in [-0.05, 0) is 37.6 Å². The van der Waals surface area contributed by atoms with Crippen molar-refractivity contribution >= 4 is 6.08 Å². The second-order valence-corrected chi connectivity index (χ2v) is 3.50.